The van der Waals surface area contributed by atoms with E-state index >= 15 is 0 Å². The Morgan fingerprint density at radius 3 is 2.13 bits per heavy atom. The summed E-state index contributed by atoms with van der Waals surface area (Å²) in [6.07, 6.45) is 7.82. The average Bonchev–Trinajstić information content (AvgIpc) is 2.84. The van der Waals surface area contributed by atoms with Crippen molar-refractivity contribution < 1.29 is 30.0 Å². The van der Waals surface area contributed by atoms with Crippen molar-refractivity contribution in [3.63, 3.8) is 0 Å². The number of hydrogen-bond acceptors (Lipinski definition) is 4. The van der Waals surface area contributed by atoms with Crippen molar-refractivity contribution in [2.24, 2.45) is 17.8 Å². The van der Waals surface area contributed by atoms with Gasteiger partial charge in [-0.3, -0.25) is 14.8 Å². The summed E-state index contributed by atoms with van der Waals surface area (Å²) in [4.78, 5) is 21.1. The molecule has 1 heterocycles. The minimum absolute atomic E-state index is 0. The van der Waals surface area contributed by atoms with Gasteiger partial charge in [-0.1, -0.05) is 61.5 Å². The van der Waals surface area contributed by atoms with Crippen molar-refractivity contribution in [1.29, 1.82) is 0 Å². The van der Waals surface area contributed by atoms with Crippen LogP contribution in [0.1, 0.15) is 83.9 Å². The molecule has 38 heavy (non-hydrogen) atoms. The Kier molecular flexibility index (Phi) is 14.7. The van der Waals surface area contributed by atoms with E-state index in [1.165, 1.54) is 17.2 Å². The van der Waals surface area contributed by atoms with Gasteiger partial charge in [-0.15, -0.1) is 34.9 Å². The number of nitrogens with zero attached hydrogens (tertiary/aromatic N) is 2. The number of ketones is 1. The molecule has 0 unspecified atom stereocenters. The molecule has 0 aliphatic heterocycles. The number of aliphatic hydroxyl groups excluding tert-OH is 1. The van der Waals surface area contributed by atoms with Gasteiger partial charge in [0.1, 0.15) is 0 Å². The SMILES string of the molecule is CCC(CC)C(=O)C=C(O)C(CC)CC.Cc1[c-]c(-c2cnc3ccc(CC(C)C)cc3n2)cc(C)c1.[Ir]. The normalized spacial score (nSPS) is 11.5. The summed E-state index contributed by atoms with van der Waals surface area (Å²) in [6.45, 7) is 16.7. The van der Waals surface area contributed by atoms with Crippen LogP contribution in [0, 0.1) is 37.7 Å². The maximum atomic E-state index is 11.7. The average molecular weight is 694 g/mol. The summed E-state index contributed by atoms with van der Waals surface area (Å²) in [6, 6.07) is 14.0. The monoisotopic (exact) mass is 694 g/mol. The summed E-state index contributed by atoms with van der Waals surface area (Å²) in [5.74, 6) is 1.19. The molecule has 0 fully saturated rings. The molecule has 0 bridgehead atoms. The van der Waals surface area contributed by atoms with Crippen LogP contribution in [0.5, 0.6) is 0 Å². The van der Waals surface area contributed by atoms with Gasteiger partial charge in [-0.05, 0) is 55.7 Å². The first-order valence-electron chi connectivity index (χ1n) is 13.8. The number of carbonyl (C=O) groups excluding carboxylic acids is 1. The maximum absolute atomic E-state index is 11.7. The van der Waals surface area contributed by atoms with Crippen LogP contribution in [0.4, 0.5) is 0 Å². The van der Waals surface area contributed by atoms with Gasteiger partial charge in [0.05, 0.1) is 16.8 Å². The van der Waals surface area contributed by atoms with Crippen LogP contribution in [0.2, 0.25) is 0 Å². The van der Waals surface area contributed by atoms with Gasteiger partial charge < -0.3 is 5.11 Å². The summed E-state index contributed by atoms with van der Waals surface area (Å²) in [5.41, 5.74) is 7.48. The van der Waals surface area contributed by atoms with Crippen LogP contribution in [-0.4, -0.2) is 20.9 Å². The Morgan fingerprint density at radius 2 is 1.58 bits per heavy atom. The van der Waals surface area contributed by atoms with Crippen molar-refractivity contribution in [1.82, 2.24) is 9.97 Å². The molecule has 0 amide bonds. The predicted molar refractivity (Wildman–Crippen MR) is 156 cm³/mol. The maximum Gasteiger partial charge on any atom is 0.162 e. The molecule has 0 saturated heterocycles. The molecule has 2 aromatic carbocycles. The van der Waals surface area contributed by atoms with E-state index in [0.29, 0.717) is 5.92 Å². The molecule has 5 heteroatoms. The molecule has 0 spiro atoms. The van der Waals surface area contributed by atoms with Crippen LogP contribution in [0.25, 0.3) is 22.3 Å². The Balaban J connectivity index is 0.000000401. The quantitative estimate of drug-likeness (QED) is 0.131. The summed E-state index contributed by atoms with van der Waals surface area (Å²) in [5, 5.41) is 9.76. The Morgan fingerprint density at radius 1 is 0.947 bits per heavy atom. The smallest absolute Gasteiger partial charge is 0.162 e. The standard InChI is InChI=1S/C20H21N2.C13H24O2.Ir/c1-13(2)7-16-5-6-18-19(11-16)22-20(12-21-18)17-9-14(3)8-15(4)10-17;1-5-10(6-2)12(14)9-13(15)11(7-3)8-4;/h5-6,8-9,11-13H,7H2,1-4H3;9-11,14H,5-8H2,1-4H3;/q-1;;. The van der Waals surface area contributed by atoms with Crippen LogP contribution in [0.15, 0.2) is 48.4 Å². The molecule has 1 radical (unpaired) electrons. The zero-order chi connectivity index (χ0) is 27.5. The number of aliphatic hydroxyl groups is 1. The second-order valence-electron chi connectivity index (χ2n) is 10.4. The van der Waals surface area contributed by atoms with Gasteiger partial charge in [0.25, 0.3) is 0 Å². The van der Waals surface area contributed by atoms with E-state index < -0.39 is 0 Å². The van der Waals surface area contributed by atoms with Gasteiger partial charge in [-0.2, -0.15) is 0 Å². The number of rotatable bonds is 10. The van der Waals surface area contributed by atoms with E-state index in [1.54, 1.807) is 0 Å². The molecule has 1 N–H and O–H groups in total. The fourth-order valence-corrected chi connectivity index (χ4v) is 4.60. The first-order valence-corrected chi connectivity index (χ1v) is 13.8. The number of benzene rings is 2. The first-order chi connectivity index (χ1) is 17.6. The van der Waals surface area contributed by atoms with Crippen LogP contribution >= 0.6 is 0 Å². The Labute approximate surface area is 243 Å². The third-order valence-corrected chi connectivity index (χ3v) is 6.76. The molecule has 0 aliphatic rings. The number of hydrogen-bond donors (Lipinski definition) is 1. The largest absolute Gasteiger partial charge is 0.512 e. The second kappa shape index (κ2) is 16.6. The first kappa shape index (κ1) is 33.7. The Hall–Kier alpha value is -2.36. The Bertz CT molecular complexity index is 1170. The van der Waals surface area contributed by atoms with Crippen LogP contribution in [-0.2, 0) is 31.3 Å². The molecule has 3 rings (SSSR count). The van der Waals surface area contributed by atoms with E-state index in [1.807, 2.05) is 33.9 Å². The number of carbonyl (C=O) groups is 1. The molecule has 3 aromatic rings. The third-order valence-electron chi connectivity index (χ3n) is 6.76. The summed E-state index contributed by atoms with van der Waals surface area (Å²) >= 11 is 0. The van der Waals surface area contributed by atoms with Gasteiger partial charge in [0.15, 0.2) is 5.78 Å². The summed E-state index contributed by atoms with van der Waals surface area (Å²) < 4.78 is 0. The van der Waals surface area contributed by atoms with Gasteiger partial charge >= 0.3 is 0 Å². The van der Waals surface area contributed by atoms with Gasteiger partial charge in [-0.25, -0.2) is 0 Å². The molecule has 209 valence electrons. The van der Waals surface area contributed by atoms with Gasteiger partial charge in [0.2, 0.25) is 0 Å². The molecule has 4 nitrogen and oxygen atoms in total. The van der Waals surface area contributed by atoms with Crippen molar-refractivity contribution in [2.45, 2.75) is 87.5 Å². The van der Waals surface area contributed by atoms with Crippen LogP contribution in [0.3, 0.4) is 0 Å². The fourth-order valence-electron chi connectivity index (χ4n) is 4.60. The number of aromatic nitrogens is 2. The predicted octanol–water partition coefficient (Wildman–Crippen LogP) is 8.78. The topological polar surface area (TPSA) is 63.1 Å². The molecule has 1 aromatic heterocycles. The van der Waals surface area contributed by atoms with Crippen molar-refractivity contribution in [3.05, 3.63) is 71.1 Å². The van der Waals surface area contributed by atoms with Crippen LogP contribution < -0.4 is 0 Å². The molecule has 0 atom stereocenters. The van der Waals surface area contributed by atoms with E-state index in [2.05, 4.69) is 69.1 Å². The summed E-state index contributed by atoms with van der Waals surface area (Å²) in [7, 11) is 0. The molecule has 0 saturated carbocycles. The second-order valence-corrected chi connectivity index (χ2v) is 10.4. The fraction of sp³-hybridized carbons (Fsp3) is 0.485. The zero-order valence-electron chi connectivity index (χ0n) is 24.4. The van der Waals surface area contributed by atoms with E-state index in [9.17, 15) is 9.90 Å². The van der Waals surface area contributed by atoms with Gasteiger partial charge in [0, 0.05) is 49.9 Å². The number of fused-ring (bicyclic) bond motifs is 1. The molecular formula is C33H45IrN2O2-. The minimum atomic E-state index is 0. The minimum Gasteiger partial charge on any atom is -0.512 e. The van der Waals surface area contributed by atoms with E-state index in [-0.39, 0.29) is 43.5 Å². The van der Waals surface area contributed by atoms with E-state index in [4.69, 9.17) is 4.98 Å². The molecule has 0 aliphatic carbocycles. The number of allylic oxidation sites excluding steroid dienone is 2. The third kappa shape index (κ3) is 10.1. The van der Waals surface area contributed by atoms with Crippen molar-refractivity contribution >= 4 is 16.8 Å². The molecular weight excluding hydrogens is 649 g/mol. The van der Waals surface area contributed by atoms with E-state index in [0.717, 1.165) is 60.0 Å². The van der Waals surface area contributed by atoms with Crippen molar-refractivity contribution in [3.8, 4) is 11.3 Å². The zero-order valence-corrected chi connectivity index (χ0v) is 26.8. The van der Waals surface area contributed by atoms with Crippen molar-refractivity contribution in [2.75, 3.05) is 0 Å². The number of aryl methyl sites for hydroxylation is 2.